The maximum Gasteiger partial charge on any atom is 0.329 e. The molecule has 3 aromatic rings. The van der Waals surface area contributed by atoms with Gasteiger partial charge in [-0.25, -0.2) is 19.8 Å². The smallest absolute Gasteiger partial charge is 0.329 e. The van der Waals surface area contributed by atoms with Gasteiger partial charge in [-0.3, -0.25) is 24.8 Å². The van der Waals surface area contributed by atoms with Crippen LogP contribution in [0.15, 0.2) is 94.8 Å². The lowest BCUT2D eigenvalue weighted by Crippen LogP contribution is -2.55. The highest BCUT2D eigenvalue weighted by Gasteiger charge is 2.40. The highest BCUT2D eigenvalue weighted by atomic mass is 16.2. The quantitative estimate of drug-likeness (QED) is 0.260. The SMILES string of the molecule is O=C1CCN(c2ccc(CN3CCN(C4CCN(c5ccc(NC6=NC=C7N=C(Nc8ccccc8)N(C8CCCC8)C7N6)cc5)CC4)CC3)cn2)C(=O)N1. The van der Waals surface area contributed by atoms with Crippen LogP contribution >= 0.6 is 0 Å². The Hall–Kier alpha value is -5.47. The number of para-hydroxylation sites is 1. The molecule has 0 radical (unpaired) electrons. The number of benzene rings is 2. The fourth-order valence-corrected chi connectivity index (χ4v) is 8.80. The number of pyridine rings is 1. The number of hydrogen-bond acceptors (Lipinski definition) is 12. The van der Waals surface area contributed by atoms with Crippen molar-refractivity contribution in [2.75, 3.05) is 66.2 Å². The Morgan fingerprint density at radius 3 is 2.25 bits per heavy atom. The van der Waals surface area contributed by atoms with E-state index in [0.29, 0.717) is 30.9 Å². The first-order valence-electron chi connectivity index (χ1n) is 19.9. The molecule has 6 heterocycles. The fourth-order valence-electron chi connectivity index (χ4n) is 8.80. The van der Waals surface area contributed by atoms with Crippen molar-refractivity contribution in [1.29, 1.82) is 0 Å². The second-order valence-corrected chi connectivity index (χ2v) is 15.3. The van der Waals surface area contributed by atoms with E-state index >= 15 is 0 Å². The maximum absolute atomic E-state index is 12.2. The Labute approximate surface area is 322 Å². The van der Waals surface area contributed by atoms with Gasteiger partial charge < -0.3 is 25.8 Å². The lowest BCUT2D eigenvalue weighted by atomic mass is 10.0. The first-order valence-corrected chi connectivity index (χ1v) is 19.9. The minimum absolute atomic E-state index is 0.0560. The normalized spacial score (nSPS) is 22.8. The number of nitrogens with zero attached hydrogens (tertiary/aromatic N) is 8. The number of guanidine groups is 2. The van der Waals surface area contributed by atoms with Crippen molar-refractivity contribution in [1.82, 2.24) is 30.3 Å². The van der Waals surface area contributed by atoms with Gasteiger partial charge in [-0.2, -0.15) is 0 Å². The van der Waals surface area contributed by atoms with Crippen molar-refractivity contribution in [3.05, 3.63) is 90.4 Å². The Bertz CT molecular complexity index is 1930. The predicted molar refractivity (Wildman–Crippen MR) is 216 cm³/mol. The second-order valence-electron chi connectivity index (χ2n) is 15.3. The van der Waals surface area contributed by atoms with E-state index in [1.807, 2.05) is 42.7 Å². The Balaban J connectivity index is 0.735. The molecular formula is C41H50N12O2. The molecule has 286 valence electrons. The largest absolute Gasteiger partial charge is 0.371 e. The summed E-state index contributed by atoms with van der Waals surface area (Å²) >= 11 is 0. The summed E-state index contributed by atoms with van der Waals surface area (Å²) < 4.78 is 0. The van der Waals surface area contributed by atoms with Crippen LogP contribution in [0.3, 0.4) is 0 Å². The summed E-state index contributed by atoms with van der Waals surface area (Å²) in [6, 6.07) is 23.6. The van der Waals surface area contributed by atoms with Gasteiger partial charge >= 0.3 is 6.03 Å². The Kier molecular flexibility index (Phi) is 10.1. The molecule has 1 saturated carbocycles. The van der Waals surface area contributed by atoms with E-state index in [0.717, 1.165) is 80.4 Å². The number of anilines is 4. The number of piperazine rings is 1. The number of hydrogen-bond donors (Lipinski definition) is 4. The molecule has 3 amide bonds. The zero-order valence-electron chi connectivity index (χ0n) is 31.2. The molecule has 1 unspecified atom stereocenters. The highest BCUT2D eigenvalue weighted by molar-refractivity contribution is 6.05. The molecule has 1 aromatic heterocycles. The molecule has 14 nitrogen and oxygen atoms in total. The van der Waals surface area contributed by atoms with E-state index in [4.69, 9.17) is 9.98 Å². The van der Waals surface area contributed by atoms with Crippen LogP contribution in [-0.4, -0.2) is 108 Å². The van der Waals surface area contributed by atoms with Crippen molar-refractivity contribution >= 4 is 46.7 Å². The van der Waals surface area contributed by atoms with Crippen molar-refractivity contribution < 1.29 is 9.59 Å². The molecule has 1 atom stereocenters. The van der Waals surface area contributed by atoms with Gasteiger partial charge in [-0.15, -0.1) is 0 Å². The predicted octanol–water partition coefficient (Wildman–Crippen LogP) is 4.58. The minimum atomic E-state index is -0.402. The summed E-state index contributed by atoms with van der Waals surface area (Å²) in [6.07, 6.45) is 11.1. The lowest BCUT2D eigenvalue weighted by Gasteiger charge is -2.43. The maximum atomic E-state index is 12.2. The van der Waals surface area contributed by atoms with Gasteiger partial charge in [0, 0.05) is 94.1 Å². The van der Waals surface area contributed by atoms with Crippen LogP contribution in [0.2, 0.25) is 0 Å². The Morgan fingerprint density at radius 2 is 1.53 bits per heavy atom. The molecule has 3 saturated heterocycles. The summed E-state index contributed by atoms with van der Waals surface area (Å²) in [5, 5.41) is 13.1. The van der Waals surface area contributed by atoms with Crippen LogP contribution in [0.25, 0.3) is 0 Å². The van der Waals surface area contributed by atoms with Gasteiger partial charge in [0.15, 0.2) is 0 Å². The molecule has 5 aliphatic heterocycles. The molecular weight excluding hydrogens is 693 g/mol. The number of nitrogens with one attached hydrogen (secondary N) is 4. The molecule has 6 aliphatic rings. The molecule has 4 fully saturated rings. The van der Waals surface area contributed by atoms with Gasteiger partial charge in [-0.05, 0) is 73.7 Å². The molecule has 0 spiro atoms. The van der Waals surface area contributed by atoms with E-state index < -0.39 is 6.03 Å². The van der Waals surface area contributed by atoms with Crippen LogP contribution < -0.4 is 31.1 Å². The average molecular weight is 743 g/mol. The van der Waals surface area contributed by atoms with E-state index in [1.54, 1.807) is 0 Å². The van der Waals surface area contributed by atoms with Gasteiger partial charge in [0.05, 0.1) is 6.20 Å². The zero-order chi connectivity index (χ0) is 37.1. The van der Waals surface area contributed by atoms with Crippen molar-refractivity contribution in [2.45, 2.75) is 69.7 Å². The third-order valence-corrected chi connectivity index (χ3v) is 11.8. The number of fused-ring (bicyclic) bond motifs is 1. The summed E-state index contributed by atoms with van der Waals surface area (Å²) in [5.74, 6) is 1.97. The van der Waals surface area contributed by atoms with Crippen molar-refractivity contribution in [3.8, 4) is 0 Å². The molecule has 4 N–H and O–H groups in total. The fraction of sp³-hybridized carbons (Fsp3) is 0.439. The number of aromatic nitrogens is 1. The number of rotatable bonds is 8. The van der Waals surface area contributed by atoms with Gasteiger partial charge in [0.1, 0.15) is 17.7 Å². The highest BCUT2D eigenvalue weighted by Crippen LogP contribution is 2.33. The molecule has 1 aliphatic carbocycles. The first-order chi connectivity index (χ1) is 27.0. The van der Waals surface area contributed by atoms with Crippen LogP contribution in [0, 0.1) is 0 Å². The monoisotopic (exact) mass is 742 g/mol. The number of carbonyl (C=O) groups is 2. The molecule has 55 heavy (non-hydrogen) atoms. The second kappa shape index (κ2) is 15.7. The van der Waals surface area contributed by atoms with Gasteiger partial charge in [0.25, 0.3) is 0 Å². The zero-order valence-corrected chi connectivity index (χ0v) is 31.2. The van der Waals surface area contributed by atoms with Crippen LogP contribution in [0.4, 0.5) is 27.7 Å². The van der Waals surface area contributed by atoms with E-state index in [1.165, 1.54) is 49.1 Å². The summed E-state index contributed by atoms with van der Waals surface area (Å²) in [6.45, 7) is 7.52. The molecule has 9 rings (SSSR count). The number of imide groups is 1. The molecule has 0 bridgehead atoms. The van der Waals surface area contributed by atoms with E-state index in [2.05, 4.69) is 82.2 Å². The minimum Gasteiger partial charge on any atom is -0.371 e. The van der Waals surface area contributed by atoms with Crippen molar-refractivity contribution in [3.63, 3.8) is 0 Å². The van der Waals surface area contributed by atoms with Gasteiger partial charge in [0.2, 0.25) is 17.8 Å². The van der Waals surface area contributed by atoms with Crippen LogP contribution in [0.1, 0.15) is 50.5 Å². The number of amides is 3. The third-order valence-electron chi connectivity index (χ3n) is 11.8. The van der Waals surface area contributed by atoms with E-state index in [-0.39, 0.29) is 12.1 Å². The van der Waals surface area contributed by atoms with E-state index in [9.17, 15) is 9.59 Å². The van der Waals surface area contributed by atoms with Crippen molar-refractivity contribution in [2.24, 2.45) is 9.98 Å². The molecule has 14 heteroatoms. The molecule has 2 aromatic carbocycles. The first kappa shape index (κ1) is 35.2. The van der Waals surface area contributed by atoms with Crippen LogP contribution in [-0.2, 0) is 11.3 Å². The summed E-state index contributed by atoms with van der Waals surface area (Å²) in [5.41, 5.74) is 5.37. The third kappa shape index (κ3) is 7.87. The summed E-state index contributed by atoms with van der Waals surface area (Å²) in [4.78, 5) is 49.5. The Morgan fingerprint density at radius 1 is 0.764 bits per heavy atom. The topological polar surface area (TPSA) is 136 Å². The standard InChI is InChI=1S/C41H50N12O2/c54-37-18-21-52(41(55)47-37)36-15-10-29(26-42-36)28-49-22-24-51(25-23-49)33-16-19-50(20-17-33)32-13-11-31(12-14-32)44-39-43-27-35-38(48-39)53(34-8-4-5-9-34)40(46-35)45-30-6-2-1-3-7-30/h1-3,6-7,10-15,26-27,33-34,38H,4-5,8-9,16-25,28H2,(H,45,46)(H2,43,44,48)(H,47,54,55). The number of carbonyl (C=O) groups excluding carboxylic acids is 2. The number of aliphatic imine (C=N–C) groups is 2. The lowest BCUT2D eigenvalue weighted by molar-refractivity contribution is -0.120. The van der Waals surface area contributed by atoms with Gasteiger partial charge in [-0.1, -0.05) is 37.1 Å². The number of urea groups is 1. The number of piperidine rings is 1. The van der Waals surface area contributed by atoms with Crippen LogP contribution in [0.5, 0.6) is 0 Å². The average Bonchev–Trinajstić information content (AvgIpc) is 3.87. The summed E-state index contributed by atoms with van der Waals surface area (Å²) in [7, 11) is 0.